The Morgan fingerprint density at radius 1 is 1.50 bits per heavy atom. The third-order valence-electron chi connectivity index (χ3n) is 1.65. The summed E-state index contributed by atoms with van der Waals surface area (Å²) in [6.45, 7) is 0.161. The van der Waals surface area contributed by atoms with Crippen LogP contribution in [0.4, 0.5) is 13.2 Å². The van der Waals surface area contributed by atoms with E-state index in [0.29, 0.717) is 9.13 Å². The van der Waals surface area contributed by atoms with E-state index in [1.54, 1.807) is 0 Å². The Hall–Kier alpha value is -0.770. The smallest absolute Gasteiger partial charge is 0.490 e. The molecule has 2 N–H and O–H groups in total. The van der Waals surface area contributed by atoms with E-state index < -0.39 is 12.2 Å². The molecule has 0 spiro atoms. The Bertz CT molecular complexity index is 384. The van der Waals surface area contributed by atoms with Crippen molar-refractivity contribution < 1.29 is 22.6 Å². The SMILES string of the molecule is COc1c(OC(F)(F)F)ncc(CN)c1I. The van der Waals surface area contributed by atoms with Crippen molar-refractivity contribution in [2.24, 2.45) is 5.73 Å². The quantitative estimate of drug-likeness (QED) is 0.850. The third-order valence-corrected chi connectivity index (χ3v) is 2.83. The van der Waals surface area contributed by atoms with Crippen LogP contribution < -0.4 is 15.2 Å². The van der Waals surface area contributed by atoms with Crippen molar-refractivity contribution in [2.45, 2.75) is 12.9 Å². The van der Waals surface area contributed by atoms with Crippen LogP contribution in [0.5, 0.6) is 11.6 Å². The number of nitrogens with two attached hydrogens (primary N) is 1. The fourth-order valence-corrected chi connectivity index (χ4v) is 1.80. The van der Waals surface area contributed by atoms with Crippen LogP contribution in [0.15, 0.2) is 6.20 Å². The van der Waals surface area contributed by atoms with E-state index in [1.165, 1.54) is 13.3 Å². The zero-order chi connectivity index (χ0) is 12.3. The summed E-state index contributed by atoms with van der Waals surface area (Å²) >= 11 is 1.83. The van der Waals surface area contributed by atoms with Crippen molar-refractivity contribution in [1.82, 2.24) is 4.98 Å². The minimum atomic E-state index is -4.80. The van der Waals surface area contributed by atoms with E-state index in [9.17, 15) is 13.2 Å². The first-order chi connectivity index (χ1) is 7.39. The average Bonchev–Trinajstić information content (AvgIpc) is 2.16. The van der Waals surface area contributed by atoms with Gasteiger partial charge in [-0.05, 0) is 22.6 Å². The molecular weight excluding hydrogens is 340 g/mol. The number of halogens is 4. The summed E-state index contributed by atoms with van der Waals surface area (Å²) in [7, 11) is 1.24. The molecule has 0 unspecified atom stereocenters. The fraction of sp³-hybridized carbons (Fsp3) is 0.375. The molecule has 0 aliphatic rings. The number of ether oxygens (including phenoxy) is 2. The lowest BCUT2D eigenvalue weighted by Crippen LogP contribution is -2.19. The Labute approximate surface area is 103 Å². The lowest BCUT2D eigenvalue weighted by molar-refractivity contribution is -0.276. The zero-order valence-electron chi connectivity index (χ0n) is 8.14. The normalized spacial score (nSPS) is 11.4. The second kappa shape index (κ2) is 5.04. The lowest BCUT2D eigenvalue weighted by Gasteiger charge is -2.13. The Morgan fingerprint density at radius 3 is 2.56 bits per heavy atom. The van der Waals surface area contributed by atoms with Crippen molar-refractivity contribution in [1.29, 1.82) is 0 Å². The summed E-state index contributed by atoms with van der Waals surface area (Å²) in [6.07, 6.45) is -3.57. The summed E-state index contributed by atoms with van der Waals surface area (Å²) in [4.78, 5) is 3.51. The van der Waals surface area contributed by atoms with Crippen LogP contribution in [0.25, 0.3) is 0 Å². The number of aromatic nitrogens is 1. The molecular formula is C8H8F3IN2O2. The molecule has 0 aliphatic heterocycles. The first-order valence-electron chi connectivity index (χ1n) is 4.06. The topological polar surface area (TPSA) is 57.4 Å². The van der Waals surface area contributed by atoms with Gasteiger partial charge in [0.25, 0.3) is 5.88 Å². The van der Waals surface area contributed by atoms with Crippen LogP contribution >= 0.6 is 22.6 Å². The molecule has 0 saturated carbocycles. The van der Waals surface area contributed by atoms with Gasteiger partial charge in [-0.25, -0.2) is 4.98 Å². The van der Waals surface area contributed by atoms with E-state index in [0.717, 1.165) is 0 Å². The minimum Gasteiger partial charge on any atom is -0.490 e. The molecule has 0 bridgehead atoms. The van der Waals surface area contributed by atoms with E-state index in [-0.39, 0.29) is 12.3 Å². The molecule has 0 radical (unpaired) electrons. The number of methoxy groups -OCH3 is 1. The summed E-state index contributed by atoms with van der Waals surface area (Å²) in [5.74, 6) is -0.683. The first-order valence-corrected chi connectivity index (χ1v) is 5.14. The molecule has 4 nitrogen and oxygen atoms in total. The van der Waals surface area contributed by atoms with Gasteiger partial charge in [-0.15, -0.1) is 13.2 Å². The monoisotopic (exact) mass is 348 g/mol. The summed E-state index contributed by atoms with van der Waals surface area (Å²) < 4.78 is 45.1. The number of hydrogen-bond donors (Lipinski definition) is 1. The molecule has 0 saturated heterocycles. The summed E-state index contributed by atoms with van der Waals surface area (Å²) in [5, 5.41) is 0. The molecule has 90 valence electrons. The molecule has 0 aromatic carbocycles. The van der Waals surface area contributed by atoms with Crippen LogP contribution in [0.3, 0.4) is 0 Å². The van der Waals surface area contributed by atoms with Crippen molar-refractivity contribution in [3.8, 4) is 11.6 Å². The highest BCUT2D eigenvalue weighted by molar-refractivity contribution is 14.1. The van der Waals surface area contributed by atoms with Crippen LogP contribution in [0.1, 0.15) is 5.56 Å². The van der Waals surface area contributed by atoms with Gasteiger partial charge in [0.05, 0.1) is 10.7 Å². The highest BCUT2D eigenvalue weighted by Crippen LogP contribution is 2.35. The molecule has 1 aromatic rings. The number of pyridine rings is 1. The van der Waals surface area contributed by atoms with Gasteiger partial charge in [0.15, 0.2) is 5.75 Å². The fourth-order valence-electron chi connectivity index (χ4n) is 0.993. The van der Waals surface area contributed by atoms with Crippen LogP contribution in [0.2, 0.25) is 0 Å². The molecule has 0 atom stereocenters. The van der Waals surface area contributed by atoms with Gasteiger partial charge in [-0.2, -0.15) is 0 Å². The molecule has 0 fully saturated rings. The molecule has 1 aromatic heterocycles. The maximum atomic E-state index is 12.0. The second-order valence-corrected chi connectivity index (χ2v) is 3.77. The molecule has 0 aliphatic carbocycles. The van der Waals surface area contributed by atoms with Crippen molar-refractivity contribution in [2.75, 3.05) is 7.11 Å². The van der Waals surface area contributed by atoms with Gasteiger partial charge in [-0.3, -0.25) is 0 Å². The standard InChI is InChI=1S/C8H8F3IN2O2/c1-15-6-5(12)4(2-13)3-14-7(6)16-8(9,10)11/h3H,2,13H2,1H3. The number of nitrogens with zero attached hydrogens (tertiary/aromatic N) is 1. The highest BCUT2D eigenvalue weighted by atomic mass is 127. The van der Waals surface area contributed by atoms with E-state index >= 15 is 0 Å². The Kier molecular flexibility index (Phi) is 4.19. The Balaban J connectivity index is 3.16. The largest absolute Gasteiger partial charge is 0.574 e. The maximum Gasteiger partial charge on any atom is 0.574 e. The van der Waals surface area contributed by atoms with Crippen LogP contribution in [-0.4, -0.2) is 18.5 Å². The average molecular weight is 348 g/mol. The minimum absolute atomic E-state index is 0.0686. The molecule has 1 heterocycles. The molecule has 0 amide bonds. The van der Waals surface area contributed by atoms with E-state index in [4.69, 9.17) is 10.5 Å². The van der Waals surface area contributed by atoms with Crippen molar-refractivity contribution in [3.05, 3.63) is 15.3 Å². The highest BCUT2D eigenvalue weighted by Gasteiger charge is 2.34. The molecule has 1 rings (SSSR count). The number of hydrogen-bond acceptors (Lipinski definition) is 4. The maximum absolute atomic E-state index is 12.0. The predicted molar refractivity (Wildman–Crippen MR) is 58.1 cm³/mol. The number of rotatable bonds is 3. The Morgan fingerprint density at radius 2 is 2.12 bits per heavy atom. The summed E-state index contributed by atoms with van der Waals surface area (Å²) in [5.41, 5.74) is 5.98. The van der Waals surface area contributed by atoms with Gasteiger partial charge in [0.2, 0.25) is 0 Å². The van der Waals surface area contributed by atoms with Gasteiger partial charge >= 0.3 is 6.36 Å². The van der Waals surface area contributed by atoms with Gasteiger partial charge < -0.3 is 15.2 Å². The summed E-state index contributed by atoms with van der Waals surface area (Å²) in [6, 6.07) is 0. The van der Waals surface area contributed by atoms with Crippen molar-refractivity contribution >= 4 is 22.6 Å². The van der Waals surface area contributed by atoms with E-state index in [1.807, 2.05) is 22.6 Å². The van der Waals surface area contributed by atoms with E-state index in [2.05, 4.69) is 9.72 Å². The lowest BCUT2D eigenvalue weighted by atomic mass is 10.3. The van der Waals surface area contributed by atoms with Crippen LogP contribution in [0, 0.1) is 3.57 Å². The predicted octanol–water partition coefficient (Wildman–Crippen LogP) is 2.05. The van der Waals surface area contributed by atoms with Gasteiger partial charge in [-0.1, -0.05) is 0 Å². The molecule has 8 heteroatoms. The second-order valence-electron chi connectivity index (χ2n) is 2.69. The zero-order valence-corrected chi connectivity index (χ0v) is 10.3. The third kappa shape index (κ3) is 3.11. The van der Waals surface area contributed by atoms with Crippen LogP contribution in [-0.2, 0) is 6.54 Å². The van der Waals surface area contributed by atoms with Crippen molar-refractivity contribution in [3.63, 3.8) is 0 Å². The number of alkyl halides is 3. The van der Waals surface area contributed by atoms with Gasteiger partial charge in [0, 0.05) is 18.3 Å². The molecule has 16 heavy (non-hydrogen) atoms. The van der Waals surface area contributed by atoms with Gasteiger partial charge in [0.1, 0.15) is 0 Å². The first kappa shape index (κ1) is 13.3.